The van der Waals surface area contributed by atoms with Crippen LogP contribution in [0, 0.1) is 19.8 Å². The van der Waals surface area contributed by atoms with Crippen molar-refractivity contribution in [3.63, 3.8) is 0 Å². The van der Waals surface area contributed by atoms with Crippen LogP contribution in [0.5, 0.6) is 5.75 Å². The first kappa shape index (κ1) is 14.4. The molecule has 2 rings (SSSR count). The number of nitrogens with one attached hydrogen (secondary N) is 1. The van der Waals surface area contributed by atoms with Gasteiger partial charge in [-0.25, -0.2) is 0 Å². The maximum atomic E-state index is 5.58. The largest absolute Gasteiger partial charge is 0.496 e. The van der Waals surface area contributed by atoms with Crippen molar-refractivity contribution in [2.24, 2.45) is 5.92 Å². The Kier molecular flexibility index (Phi) is 4.83. The summed E-state index contributed by atoms with van der Waals surface area (Å²) in [5.41, 5.74) is 3.84. The lowest BCUT2D eigenvalue weighted by Crippen LogP contribution is -2.22. The normalized spacial score (nSPS) is 20.5. The maximum Gasteiger partial charge on any atom is 0.124 e. The van der Waals surface area contributed by atoms with Gasteiger partial charge in [-0.2, -0.15) is 0 Å². The molecule has 106 valence electrons. The first-order valence-electron chi connectivity index (χ1n) is 7.05. The summed E-state index contributed by atoms with van der Waals surface area (Å²) in [6.07, 6.45) is 2.28. The molecule has 0 saturated carbocycles. The van der Waals surface area contributed by atoms with E-state index in [0.29, 0.717) is 12.0 Å². The van der Waals surface area contributed by atoms with Crippen LogP contribution in [-0.4, -0.2) is 27.4 Å². The van der Waals surface area contributed by atoms with Crippen LogP contribution >= 0.6 is 0 Å². The SMILES string of the molecule is CNC(CC1CCOC1)c1c(C)cc(C)cc1OC. The predicted molar refractivity (Wildman–Crippen MR) is 77.8 cm³/mol. The molecule has 1 aromatic carbocycles. The van der Waals surface area contributed by atoms with Crippen molar-refractivity contribution >= 4 is 0 Å². The van der Waals surface area contributed by atoms with E-state index in [4.69, 9.17) is 9.47 Å². The third kappa shape index (κ3) is 3.28. The van der Waals surface area contributed by atoms with Gasteiger partial charge in [-0.05, 0) is 56.8 Å². The predicted octanol–water partition coefficient (Wildman–Crippen LogP) is 3.00. The van der Waals surface area contributed by atoms with Crippen LogP contribution in [0.1, 0.15) is 35.6 Å². The number of benzene rings is 1. The number of aryl methyl sites for hydroxylation is 2. The molecule has 1 N–H and O–H groups in total. The van der Waals surface area contributed by atoms with Gasteiger partial charge in [0.2, 0.25) is 0 Å². The molecule has 0 aromatic heterocycles. The van der Waals surface area contributed by atoms with Gasteiger partial charge < -0.3 is 14.8 Å². The summed E-state index contributed by atoms with van der Waals surface area (Å²) >= 11 is 0. The van der Waals surface area contributed by atoms with Crippen molar-refractivity contribution in [1.29, 1.82) is 0 Å². The van der Waals surface area contributed by atoms with Crippen LogP contribution in [0.3, 0.4) is 0 Å². The van der Waals surface area contributed by atoms with Crippen LogP contribution < -0.4 is 10.1 Å². The van der Waals surface area contributed by atoms with Gasteiger partial charge in [-0.15, -0.1) is 0 Å². The zero-order valence-electron chi connectivity index (χ0n) is 12.5. The first-order valence-corrected chi connectivity index (χ1v) is 7.05. The van der Waals surface area contributed by atoms with Crippen LogP contribution in [0.2, 0.25) is 0 Å². The van der Waals surface area contributed by atoms with E-state index in [1.165, 1.54) is 23.1 Å². The quantitative estimate of drug-likeness (QED) is 0.886. The Morgan fingerprint density at radius 2 is 2.21 bits per heavy atom. The second-order valence-corrected chi connectivity index (χ2v) is 5.50. The van der Waals surface area contributed by atoms with Gasteiger partial charge in [-0.3, -0.25) is 0 Å². The van der Waals surface area contributed by atoms with E-state index in [1.54, 1.807) is 7.11 Å². The van der Waals surface area contributed by atoms with E-state index in [2.05, 4.69) is 31.3 Å². The molecule has 1 fully saturated rings. The molecule has 0 radical (unpaired) electrons. The smallest absolute Gasteiger partial charge is 0.124 e. The third-order valence-electron chi connectivity index (χ3n) is 4.00. The van der Waals surface area contributed by atoms with E-state index in [0.717, 1.165) is 25.4 Å². The number of methoxy groups -OCH3 is 1. The molecule has 1 saturated heterocycles. The van der Waals surface area contributed by atoms with Crippen molar-refractivity contribution in [2.75, 3.05) is 27.4 Å². The van der Waals surface area contributed by atoms with Gasteiger partial charge in [0, 0.05) is 24.8 Å². The molecule has 1 aromatic rings. The molecule has 1 heterocycles. The lowest BCUT2D eigenvalue weighted by atomic mass is 9.90. The molecule has 3 heteroatoms. The van der Waals surface area contributed by atoms with Gasteiger partial charge >= 0.3 is 0 Å². The topological polar surface area (TPSA) is 30.5 Å². The van der Waals surface area contributed by atoms with Crippen molar-refractivity contribution in [1.82, 2.24) is 5.32 Å². The van der Waals surface area contributed by atoms with Crippen LogP contribution in [-0.2, 0) is 4.74 Å². The molecule has 0 spiro atoms. The summed E-state index contributed by atoms with van der Waals surface area (Å²) in [5, 5.41) is 3.44. The highest BCUT2D eigenvalue weighted by molar-refractivity contribution is 5.45. The first-order chi connectivity index (χ1) is 9.15. The highest BCUT2D eigenvalue weighted by atomic mass is 16.5. The van der Waals surface area contributed by atoms with Crippen molar-refractivity contribution in [2.45, 2.75) is 32.7 Å². The van der Waals surface area contributed by atoms with E-state index < -0.39 is 0 Å². The minimum Gasteiger partial charge on any atom is -0.496 e. The van der Waals surface area contributed by atoms with Gasteiger partial charge in [0.1, 0.15) is 5.75 Å². The van der Waals surface area contributed by atoms with Crippen LogP contribution in [0.4, 0.5) is 0 Å². The number of hydrogen-bond donors (Lipinski definition) is 1. The minimum atomic E-state index is 0.335. The molecule has 1 aliphatic rings. The molecule has 19 heavy (non-hydrogen) atoms. The Morgan fingerprint density at radius 1 is 1.42 bits per heavy atom. The second-order valence-electron chi connectivity index (χ2n) is 5.50. The lowest BCUT2D eigenvalue weighted by molar-refractivity contribution is 0.181. The Labute approximate surface area is 116 Å². The van der Waals surface area contributed by atoms with Gasteiger partial charge in [-0.1, -0.05) is 6.07 Å². The fourth-order valence-corrected chi connectivity index (χ4v) is 3.04. The standard InChI is InChI=1S/C16H25NO2/c1-11-7-12(2)16(15(8-11)18-4)14(17-3)9-13-5-6-19-10-13/h7-8,13-14,17H,5-6,9-10H2,1-4H3. The molecule has 1 aliphatic heterocycles. The molecule has 0 aliphatic carbocycles. The summed E-state index contributed by atoms with van der Waals surface area (Å²) in [7, 11) is 3.78. The summed E-state index contributed by atoms with van der Waals surface area (Å²) in [6.45, 7) is 6.08. The minimum absolute atomic E-state index is 0.335. The molecule has 0 amide bonds. The lowest BCUT2D eigenvalue weighted by Gasteiger charge is -2.24. The maximum absolute atomic E-state index is 5.58. The Hall–Kier alpha value is -1.06. The van der Waals surface area contributed by atoms with Gasteiger partial charge in [0.15, 0.2) is 0 Å². The molecule has 0 bridgehead atoms. The number of rotatable bonds is 5. The Morgan fingerprint density at radius 3 is 2.79 bits per heavy atom. The second kappa shape index (κ2) is 6.40. The van der Waals surface area contributed by atoms with Crippen molar-refractivity contribution < 1.29 is 9.47 Å². The van der Waals surface area contributed by atoms with Crippen LogP contribution in [0.15, 0.2) is 12.1 Å². The fourth-order valence-electron chi connectivity index (χ4n) is 3.04. The molecular weight excluding hydrogens is 238 g/mol. The molecule has 2 atom stereocenters. The summed E-state index contributed by atoms with van der Waals surface area (Å²) < 4.78 is 11.1. The summed E-state index contributed by atoms with van der Waals surface area (Å²) in [4.78, 5) is 0. The molecule has 3 nitrogen and oxygen atoms in total. The molecule has 2 unspecified atom stereocenters. The van der Waals surface area contributed by atoms with Gasteiger partial charge in [0.05, 0.1) is 7.11 Å². The fraction of sp³-hybridized carbons (Fsp3) is 0.625. The third-order valence-corrected chi connectivity index (χ3v) is 4.00. The molecular formula is C16H25NO2. The van der Waals surface area contributed by atoms with E-state index in [1.807, 2.05) is 7.05 Å². The summed E-state index contributed by atoms with van der Waals surface area (Å²) in [5.74, 6) is 1.65. The average Bonchev–Trinajstić information content (AvgIpc) is 2.88. The highest BCUT2D eigenvalue weighted by Gasteiger charge is 2.24. The zero-order chi connectivity index (χ0) is 13.8. The summed E-state index contributed by atoms with van der Waals surface area (Å²) in [6, 6.07) is 4.69. The Balaban J connectivity index is 2.25. The van der Waals surface area contributed by atoms with Gasteiger partial charge in [0.25, 0.3) is 0 Å². The zero-order valence-corrected chi connectivity index (χ0v) is 12.5. The number of ether oxygens (including phenoxy) is 2. The Bertz CT molecular complexity index is 425. The van der Waals surface area contributed by atoms with Crippen molar-refractivity contribution in [3.05, 3.63) is 28.8 Å². The van der Waals surface area contributed by atoms with E-state index in [-0.39, 0.29) is 0 Å². The highest BCUT2D eigenvalue weighted by Crippen LogP contribution is 2.34. The monoisotopic (exact) mass is 263 g/mol. The average molecular weight is 263 g/mol. The van der Waals surface area contributed by atoms with E-state index >= 15 is 0 Å². The number of hydrogen-bond acceptors (Lipinski definition) is 3. The van der Waals surface area contributed by atoms with Crippen molar-refractivity contribution in [3.8, 4) is 5.75 Å². The van der Waals surface area contributed by atoms with Crippen LogP contribution in [0.25, 0.3) is 0 Å². The van der Waals surface area contributed by atoms with E-state index in [9.17, 15) is 0 Å².